The number of hydrogen-bond donors (Lipinski definition) is 2. The molecular weight excluding hydrogens is 448 g/mol. The highest BCUT2D eigenvalue weighted by Crippen LogP contribution is 2.22. The fourth-order valence-electron chi connectivity index (χ4n) is 4.17. The van der Waals surface area contributed by atoms with Gasteiger partial charge in [-0.1, -0.05) is 26.7 Å². The number of carbonyl (C=O) groups excluding carboxylic acids is 1. The highest BCUT2D eigenvalue weighted by molar-refractivity contribution is 5.95. The summed E-state index contributed by atoms with van der Waals surface area (Å²) in [6, 6.07) is 2.08. The molecule has 0 aliphatic carbocycles. The van der Waals surface area contributed by atoms with Gasteiger partial charge in [0.1, 0.15) is 17.5 Å². The van der Waals surface area contributed by atoms with E-state index in [1.54, 1.807) is 4.52 Å². The molecule has 0 atom stereocenters. The van der Waals surface area contributed by atoms with E-state index in [0.29, 0.717) is 49.3 Å². The number of nitrogen functional groups attached to an aromatic ring is 1. The van der Waals surface area contributed by atoms with Crippen LogP contribution in [0, 0.1) is 25.2 Å². The zero-order valence-corrected chi connectivity index (χ0v) is 20.7. The lowest BCUT2D eigenvalue weighted by molar-refractivity contribution is -0.118. The summed E-state index contributed by atoms with van der Waals surface area (Å²) in [6.45, 7) is 8.36. The van der Waals surface area contributed by atoms with Gasteiger partial charge in [0, 0.05) is 30.9 Å². The lowest BCUT2D eigenvalue weighted by atomic mass is 10.1. The zero-order chi connectivity index (χ0) is 25.7. The van der Waals surface area contributed by atoms with Crippen LogP contribution in [0.15, 0.2) is 15.8 Å². The number of fused-ring (bicyclic) bond motifs is 1. The van der Waals surface area contributed by atoms with Crippen molar-refractivity contribution >= 4 is 23.1 Å². The first-order valence-corrected chi connectivity index (χ1v) is 11.9. The summed E-state index contributed by atoms with van der Waals surface area (Å²) in [7, 11) is 0. The molecule has 0 bridgehead atoms. The van der Waals surface area contributed by atoms with Crippen LogP contribution in [0.4, 0.5) is 11.5 Å². The molecule has 1 amide bonds. The number of nitrogens with zero attached hydrogens (tertiary/aromatic N) is 6. The third kappa shape index (κ3) is 5.11. The molecule has 0 saturated heterocycles. The SMILES string of the molecule is CCCCN(C(=O)CCc1c(C)nc2c(C#N)cnn2c1C)c1c(N)n(CCCC)c(=O)[nH]c1=O. The normalized spacial score (nSPS) is 11.1. The van der Waals surface area contributed by atoms with Gasteiger partial charge < -0.3 is 10.6 Å². The number of anilines is 2. The van der Waals surface area contributed by atoms with Crippen LogP contribution in [0.1, 0.15) is 68.5 Å². The molecule has 0 radical (unpaired) electrons. The number of rotatable bonds is 10. The third-order valence-corrected chi connectivity index (χ3v) is 6.17. The number of nitriles is 1. The van der Waals surface area contributed by atoms with Crippen molar-refractivity contribution in [3.8, 4) is 6.07 Å². The number of aromatic amines is 1. The molecule has 186 valence electrons. The van der Waals surface area contributed by atoms with Crippen LogP contribution in [0.25, 0.3) is 5.65 Å². The molecule has 0 spiro atoms. The first kappa shape index (κ1) is 25.7. The quantitative estimate of drug-likeness (QED) is 0.451. The average molecular weight is 481 g/mol. The Kier molecular flexibility index (Phi) is 8.06. The Morgan fingerprint density at radius 3 is 2.60 bits per heavy atom. The molecule has 3 heterocycles. The molecule has 0 saturated carbocycles. The number of carbonyl (C=O) groups is 1. The highest BCUT2D eigenvalue weighted by Gasteiger charge is 2.24. The number of nitrogens with one attached hydrogen (secondary N) is 1. The van der Waals surface area contributed by atoms with Crippen molar-refractivity contribution in [2.24, 2.45) is 0 Å². The maximum absolute atomic E-state index is 13.4. The second kappa shape index (κ2) is 11.0. The van der Waals surface area contributed by atoms with Crippen LogP contribution >= 0.6 is 0 Å². The number of nitrogens with two attached hydrogens (primary N) is 1. The zero-order valence-electron chi connectivity index (χ0n) is 20.7. The average Bonchev–Trinajstić information content (AvgIpc) is 3.23. The standard InChI is InChI=1S/C24H32N8O3/c1-5-7-11-30(20-21(26)31(12-8-6-2)24(35)29-23(20)34)19(33)10-9-18-15(3)28-22-17(13-25)14-27-32(22)16(18)4/h14H,5-12,26H2,1-4H3,(H,29,34,35). The number of aryl methyl sites for hydroxylation is 2. The number of aromatic nitrogens is 5. The Hall–Kier alpha value is -3.94. The molecule has 3 aromatic heterocycles. The predicted molar refractivity (Wildman–Crippen MR) is 133 cm³/mol. The van der Waals surface area contributed by atoms with Crippen molar-refractivity contribution < 1.29 is 4.79 Å². The van der Waals surface area contributed by atoms with Crippen molar-refractivity contribution in [3.63, 3.8) is 0 Å². The van der Waals surface area contributed by atoms with Crippen LogP contribution in [0.3, 0.4) is 0 Å². The van der Waals surface area contributed by atoms with E-state index in [0.717, 1.165) is 24.1 Å². The Balaban J connectivity index is 1.95. The molecule has 35 heavy (non-hydrogen) atoms. The maximum atomic E-state index is 13.4. The van der Waals surface area contributed by atoms with Gasteiger partial charge in [0.05, 0.1) is 6.20 Å². The molecule has 3 N–H and O–H groups in total. The monoisotopic (exact) mass is 480 g/mol. The first-order chi connectivity index (χ1) is 16.7. The van der Waals surface area contributed by atoms with E-state index >= 15 is 0 Å². The smallest absolute Gasteiger partial charge is 0.330 e. The van der Waals surface area contributed by atoms with Crippen molar-refractivity contribution in [2.45, 2.75) is 72.8 Å². The van der Waals surface area contributed by atoms with Gasteiger partial charge in [-0.2, -0.15) is 10.4 Å². The van der Waals surface area contributed by atoms with Gasteiger partial charge in [-0.15, -0.1) is 0 Å². The maximum Gasteiger partial charge on any atom is 0.330 e. The Labute approximate surface area is 203 Å². The predicted octanol–water partition coefficient (Wildman–Crippen LogP) is 2.22. The van der Waals surface area contributed by atoms with Gasteiger partial charge in [-0.3, -0.25) is 19.1 Å². The minimum Gasteiger partial charge on any atom is -0.383 e. The molecule has 0 aliphatic heterocycles. The summed E-state index contributed by atoms with van der Waals surface area (Å²) in [5.74, 6) is -0.263. The summed E-state index contributed by atoms with van der Waals surface area (Å²) < 4.78 is 2.93. The molecule has 0 aromatic carbocycles. The van der Waals surface area contributed by atoms with E-state index in [1.165, 1.54) is 15.7 Å². The Morgan fingerprint density at radius 2 is 1.94 bits per heavy atom. The van der Waals surface area contributed by atoms with Gasteiger partial charge in [-0.25, -0.2) is 14.3 Å². The Bertz CT molecular complexity index is 1390. The van der Waals surface area contributed by atoms with Gasteiger partial charge >= 0.3 is 5.69 Å². The van der Waals surface area contributed by atoms with E-state index in [9.17, 15) is 19.6 Å². The summed E-state index contributed by atoms with van der Waals surface area (Å²) in [6.07, 6.45) is 5.01. The molecular formula is C24H32N8O3. The van der Waals surface area contributed by atoms with Crippen LogP contribution in [-0.2, 0) is 17.8 Å². The van der Waals surface area contributed by atoms with E-state index < -0.39 is 11.2 Å². The van der Waals surface area contributed by atoms with Gasteiger partial charge in [0.15, 0.2) is 11.3 Å². The molecule has 0 fully saturated rings. The highest BCUT2D eigenvalue weighted by atomic mass is 16.2. The lowest BCUT2D eigenvalue weighted by Gasteiger charge is -2.25. The minimum absolute atomic E-state index is 0.00711. The van der Waals surface area contributed by atoms with Gasteiger partial charge in [0.2, 0.25) is 5.91 Å². The second-order valence-electron chi connectivity index (χ2n) is 8.56. The summed E-state index contributed by atoms with van der Waals surface area (Å²) in [5, 5.41) is 13.5. The molecule has 11 nitrogen and oxygen atoms in total. The first-order valence-electron chi connectivity index (χ1n) is 11.9. The van der Waals surface area contributed by atoms with Crippen molar-refractivity contribution in [1.82, 2.24) is 24.1 Å². The van der Waals surface area contributed by atoms with Crippen molar-refractivity contribution in [1.29, 1.82) is 5.26 Å². The number of hydrogen-bond acceptors (Lipinski definition) is 7. The van der Waals surface area contributed by atoms with Crippen molar-refractivity contribution in [2.75, 3.05) is 17.2 Å². The summed E-state index contributed by atoms with van der Waals surface area (Å²) >= 11 is 0. The van der Waals surface area contributed by atoms with E-state index in [4.69, 9.17) is 5.73 Å². The molecule has 0 aliphatic rings. The largest absolute Gasteiger partial charge is 0.383 e. The van der Waals surface area contributed by atoms with Crippen LogP contribution in [0.5, 0.6) is 0 Å². The topological polar surface area (TPSA) is 155 Å². The van der Waals surface area contributed by atoms with E-state index in [1.807, 2.05) is 27.7 Å². The van der Waals surface area contributed by atoms with Crippen molar-refractivity contribution in [3.05, 3.63) is 49.5 Å². The second-order valence-corrected chi connectivity index (χ2v) is 8.56. The Morgan fingerprint density at radius 1 is 1.23 bits per heavy atom. The fraction of sp³-hybridized carbons (Fsp3) is 0.500. The fourth-order valence-corrected chi connectivity index (χ4v) is 4.17. The van der Waals surface area contributed by atoms with Gasteiger partial charge in [0.25, 0.3) is 5.56 Å². The van der Waals surface area contributed by atoms with Crippen LogP contribution < -0.4 is 21.9 Å². The molecule has 3 rings (SSSR count). The van der Waals surface area contributed by atoms with E-state index in [2.05, 4.69) is 21.1 Å². The van der Waals surface area contributed by atoms with Gasteiger partial charge in [-0.05, 0) is 38.7 Å². The van der Waals surface area contributed by atoms with Crippen LogP contribution in [-0.4, -0.2) is 36.6 Å². The molecule has 0 unspecified atom stereocenters. The van der Waals surface area contributed by atoms with E-state index in [-0.39, 0.29) is 23.8 Å². The summed E-state index contributed by atoms with van der Waals surface area (Å²) in [5.41, 5.74) is 8.28. The summed E-state index contributed by atoms with van der Waals surface area (Å²) in [4.78, 5) is 46.7. The molecule has 11 heteroatoms. The molecule has 3 aromatic rings. The lowest BCUT2D eigenvalue weighted by Crippen LogP contribution is -2.41. The van der Waals surface area contributed by atoms with Crippen LogP contribution in [0.2, 0.25) is 0 Å². The minimum atomic E-state index is -0.666. The number of H-pyrrole nitrogens is 1. The third-order valence-electron chi connectivity index (χ3n) is 6.17. The number of unbranched alkanes of at least 4 members (excludes halogenated alkanes) is 2. The number of amides is 1.